The Morgan fingerprint density at radius 2 is 2.30 bits per heavy atom. The van der Waals surface area contributed by atoms with Crippen LogP contribution in [0.3, 0.4) is 0 Å². The summed E-state index contributed by atoms with van der Waals surface area (Å²) in [6.07, 6.45) is 1.07. The van der Waals surface area contributed by atoms with Crippen molar-refractivity contribution in [2.75, 3.05) is 0 Å². The number of hydrogen-bond acceptors (Lipinski definition) is 2. The zero-order valence-electron chi connectivity index (χ0n) is 6.72. The fourth-order valence-electron chi connectivity index (χ4n) is 1.01. The Labute approximate surface area is 66.3 Å². The molecular weight excluding hydrogens is 142 g/mol. The van der Waals surface area contributed by atoms with Gasteiger partial charge in [0.25, 0.3) is 0 Å². The van der Waals surface area contributed by atoms with Crippen LogP contribution in [0.15, 0.2) is 5.38 Å². The van der Waals surface area contributed by atoms with Gasteiger partial charge >= 0.3 is 0 Å². The molecule has 1 heterocycles. The molecule has 0 unspecified atom stereocenters. The van der Waals surface area contributed by atoms with E-state index in [-0.39, 0.29) is 0 Å². The summed E-state index contributed by atoms with van der Waals surface area (Å²) in [6, 6.07) is 0. The van der Waals surface area contributed by atoms with Crippen molar-refractivity contribution in [3.05, 3.63) is 16.6 Å². The first-order valence-corrected chi connectivity index (χ1v) is 4.52. The van der Waals surface area contributed by atoms with Gasteiger partial charge in [-0.15, -0.1) is 0 Å². The normalized spacial score (nSPS) is 10.8. The summed E-state index contributed by atoms with van der Waals surface area (Å²) in [7, 11) is 0. The minimum absolute atomic E-state index is 0.633. The van der Waals surface area contributed by atoms with Crippen LogP contribution in [0.5, 0.6) is 0 Å². The molecule has 10 heavy (non-hydrogen) atoms. The molecule has 0 aliphatic carbocycles. The predicted octanol–water partition coefficient (Wildman–Crippen LogP) is 2.83. The zero-order chi connectivity index (χ0) is 7.56. The number of nitrogens with zero attached hydrogens (tertiary/aromatic N) is 1. The quantitative estimate of drug-likeness (QED) is 0.640. The Hall–Kier alpha value is -0.370. The van der Waals surface area contributed by atoms with Crippen molar-refractivity contribution in [1.82, 2.24) is 4.37 Å². The SMILES string of the molecule is CCc1nscc1C(C)C. The first-order chi connectivity index (χ1) is 4.75. The maximum Gasteiger partial charge on any atom is 0.0573 e. The van der Waals surface area contributed by atoms with Gasteiger partial charge in [-0.3, -0.25) is 0 Å². The van der Waals surface area contributed by atoms with E-state index >= 15 is 0 Å². The molecule has 0 amide bonds. The van der Waals surface area contributed by atoms with Crippen LogP contribution in [-0.4, -0.2) is 4.37 Å². The minimum atomic E-state index is 0.633. The van der Waals surface area contributed by atoms with Crippen LogP contribution < -0.4 is 0 Å². The molecule has 0 aliphatic heterocycles. The molecule has 0 atom stereocenters. The number of hydrogen-bond donors (Lipinski definition) is 0. The van der Waals surface area contributed by atoms with Gasteiger partial charge in [0.2, 0.25) is 0 Å². The first-order valence-electron chi connectivity index (χ1n) is 3.68. The largest absolute Gasteiger partial charge is 0.197 e. The van der Waals surface area contributed by atoms with E-state index in [2.05, 4.69) is 30.5 Å². The summed E-state index contributed by atoms with van der Waals surface area (Å²) >= 11 is 1.57. The van der Waals surface area contributed by atoms with Crippen LogP contribution in [0.1, 0.15) is 37.9 Å². The predicted molar refractivity (Wildman–Crippen MR) is 45.6 cm³/mol. The van der Waals surface area contributed by atoms with E-state index in [1.54, 1.807) is 11.5 Å². The van der Waals surface area contributed by atoms with Crippen LogP contribution in [0, 0.1) is 0 Å². The van der Waals surface area contributed by atoms with Crippen molar-refractivity contribution < 1.29 is 0 Å². The molecule has 0 spiro atoms. The molecule has 1 aromatic heterocycles. The van der Waals surface area contributed by atoms with Crippen molar-refractivity contribution in [1.29, 1.82) is 0 Å². The van der Waals surface area contributed by atoms with Gasteiger partial charge in [0.05, 0.1) is 5.69 Å². The van der Waals surface area contributed by atoms with Crippen LogP contribution >= 0.6 is 11.5 Å². The topological polar surface area (TPSA) is 12.9 Å². The van der Waals surface area contributed by atoms with Crippen LogP contribution in [0.25, 0.3) is 0 Å². The molecule has 1 nitrogen and oxygen atoms in total. The second-order valence-corrected chi connectivity index (χ2v) is 3.35. The molecule has 0 aromatic carbocycles. The van der Waals surface area contributed by atoms with E-state index < -0.39 is 0 Å². The molecule has 1 rings (SSSR count). The smallest absolute Gasteiger partial charge is 0.0573 e. The molecule has 0 fully saturated rings. The van der Waals surface area contributed by atoms with Gasteiger partial charge in [-0.1, -0.05) is 20.8 Å². The second kappa shape index (κ2) is 3.15. The fourth-order valence-corrected chi connectivity index (χ4v) is 1.94. The van der Waals surface area contributed by atoms with Gasteiger partial charge in [0.1, 0.15) is 0 Å². The zero-order valence-corrected chi connectivity index (χ0v) is 7.53. The third-order valence-corrected chi connectivity index (χ3v) is 2.32. The summed E-state index contributed by atoms with van der Waals surface area (Å²) in [5, 5.41) is 2.16. The van der Waals surface area contributed by atoms with E-state index in [4.69, 9.17) is 0 Å². The number of aryl methyl sites for hydroxylation is 1. The summed E-state index contributed by atoms with van der Waals surface area (Å²) in [5.41, 5.74) is 2.70. The Morgan fingerprint density at radius 1 is 1.60 bits per heavy atom. The van der Waals surface area contributed by atoms with Crippen LogP contribution in [-0.2, 0) is 6.42 Å². The third-order valence-electron chi connectivity index (χ3n) is 1.63. The highest BCUT2D eigenvalue weighted by atomic mass is 32.1. The van der Waals surface area contributed by atoms with Gasteiger partial charge in [-0.2, -0.15) is 4.37 Å². The van der Waals surface area contributed by atoms with E-state index in [1.807, 2.05) is 0 Å². The molecule has 0 aliphatic rings. The van der Waals surface area contributed by atoms with Crippen LogP contribution in [0.2, 0.25) is 0 Å². The van der Waals surface area contributed by atoms with Gasteiger partial charge in [0.15, 0.2) is 0 Å². The Balaban J connectivity index is 2.90. The highest BCUT2D eigenvalue weighted by molar-refractivity contribution is 7.03. The first kappa shape index (κ1) is 7.73. The lowest BCUT2D eigenvalue weighted by molar-refractivity contribution is 0.842. The molecule has 0 saturated carbocycles. The molecule has 56 valence electrons. The Bertz CT molecular complexity index is 203. The summed E-state index contributed by atoms with van der Waals surface area (Å²) in [4.78, 5) is 0. The van der Waals surface area contributed by atoms with Crippen molar-refractivity contribution in [2.45, 2.75) is 33.1 Å². The van der Waals surface area contributed by atoms with Crippen molar-refractivity contribution in [3.8, 4) is 0 Å². The molecule has 0 N–H and O–H groups in total. The lowest BCUT2D eigenvalue weighted by Gasteiger charge is -2.01. The third kappa shape index (κ3) is 1.37. The monoisotopic (exact) mass is 155 g/mol. The van der Waals surface area contributed by atoms with Crippen molar-refractivity contribution in [2.24, 2.45) is 0 Å². The average molecular weight is 155 g/mol. The summed E-state index contributed by atoms with van der Waals surface area (Å²) < 4.78 is 4.30. The van der Waals surface area contributed by atoms with E-state index in [0.29, 0.717) is 5.92 Å². The van der Waals surface area contributed by atoms with Gasteiger partial charge in [-0.25, -0.2) is 0 Å². The maximum absolute atomic E-state index is 4.30. The Morgan fingerprint density at radius 3 is 2.70 bits per heavy atom. The molecule has 0 radical (unpaired) electrons. The van der Waals surface area contributed by atoms with Gasteiger partial charge in [-0.05, 0) is 29.4 Å². The van der Waals surface area contributed by atoms with Crippen molar-refractivity contribution in [3.63, 3.8) is 0 Å². The highest BCUT2D eigenvalue weighted by Crippen LogP contribution is 2.20. The number of rotatable bonds is 2. The number of aromatic nitrogens is 1. The van der Waals surface area contributed by atoms with E-state index in [0.717, 1.165) is 6.42 Å². The van der Waals surface area contributed by atoms with Crippen LogP contribution in [0.4, 0.5) is 0 Å². The highest BCUT2D eigenvalue weighted by Gasteiger charge is 2.06. The Kier molecular flexibility index (Phi) is 2.44. The van der Waals surface area contributed by atoms with E-state index in [9.17, 15) is 0 Å². The fraction of sp³-hybridized carbons (Fsp3) is 0.625. The molecular formula is C8H13NS. The summed E-state index contributed by atoms with van der Waals surface area (Å²) in [5.74, 6) is 0.633. The lowest BCUT2D eigenvalue weighted by Crippen LogP contribution is -1.90. The standard InChI is InChI=1S/C8H13NS/c1-4-8-7(6(2)3)5-10-9-8/h5-6H,4H2,1-3H3. The maximum atomic E-state index is 4.30. The summed E-state index contributed by atoms with van der Waals surface area (Å²) in [6.45, 7) is 6.58. The molecule has 2 heteroatoms. The van der Waals surface area contributed by atoms with Gasteiger partial charge < -0.3 is 0 Å². The van der Waals surface area contributed by atoms with E-state index in [1.165, 1.54) is 11.3 Å². The molecule has 0 bridgehead atoms. The second-order valence-electron chi connectivity index (χ2n) is 2.72. The average Bonchev–Trinajstić information content (AvgIpc) is 2.33. The lowest BCUT2D eigenvalue weighted by atomic mass is 10.0. The molecule has 1 aromatic rings. The molecule has 0 saturated heterocycles. The van der Waals surface area contributed by atoms with Crippen molar-refractivity contribution >= 4 is 11.5 Å². The minimum Gasteiger partial charge on any atom is -0.197 e. The van der Waals surface area contributed by atoms with Gasteiger partial charge in [0, 0.05) is 5.38 Å².